The SMILES string of the molecule is Cc1nncn1-c1ccc(Cl)cc1C(=O)c1ccccc1F. The summed E-state index contributed by atoms with van der Waals surface area (Å²) in [4.78, 5) is 12.7. The highest BCUT2D eigenvalue weighted by Gasteiger charge is 2.19. The van der Waals surface area contributed by atoms with E-state index in [0.717, 1.165) is 0 Å². The summed E-state index contributed by atoms with van der Waals surface area (Å²) < 4.78 is 15.6. The third kappa shape index (κ3) is 2.51. The fraction of sp³-hybridized carbons (Fsp3) is 0.0625. The average molecular weight is 316 g/mol. The summed E-state index contributed by atoms with van der Waals surface area (Å²) in [5, 5.41) is 8.10. The van der Waals surface area contributed by atoms with Crippen LogP contribution in [0.15, 0.2) is 48.8 Å². The van der Waals surface area contributed by atoms with Crippen molar-refractivity contribution in [2.24, 2.45) is 0 Å². The van der Waals surface area contributed by atoms with Crippen LogP contribution < -0.4 is 0 Å². The first-order valence-corrected chi connectivity index (χ1v) is 6.91. The van der Waals surface area contributed by atoms with Crippen molar-refractivity contribution in [1.29, 1.82) is 0 Å². The zero-order chi connectivity index (χ0) is 15.7. The van der Waals surface area contributed by atoms with Gasteiger partial charge in [-0.25, -0.2) is 4.39 Å². The van der Waals surface area contributed by atoms with Gasteiger partial charge in [-0.05, 0) is 37.3 Å². The molecule has 0 aliphatic carbocycles. The van der Waals surface area contributed by atoms with Crippen LogP contribution in [0.1, 0.15) is 21.7 Å². The molecule has 110 valence electrons. The van der Waals surface area contributed by atoms with E-state index in [1.54, 1.807) is 29.7 Å². The number of benzene rings is 2. The second-order valence-corrected chi connectivity index (χ2v) is 5.16. The summed E-state index contributed by atoms with van der Waals surface area (Å²) >= 11 is 6.00. The van der Waals surface area contributed by atoms with Gasteiger partial charge in [-0.3, -0.25) is 9.36 Å². The number of carbonyl (C=O) groups excluding carboxylic acids is 1. The lowest BCUT2D eigenvalue weighted by atomic mass is 10.0. The maximum atomic E-state index is 13.9. The topological polar surface area (TPSA) is 47.8 Å². The largest absolute Gasteiger partial charge is 0.288 e. The number of aromatic nitrogens is 3. The molecule has 0 radical (unpaired) electrons. The van der Waals surface area contributed by atoms with E-state index in [1.807, 2.05) is 0 Å². The molecule has 0 N–H and O–H groups in total. The lowest BCUT2D eigenvalue weighted by Gasteiger charge is -2.11. The van der Waals surface area contributed by atoms with E-state index >= 15 is 0 Å². The Labute approximate surface area is 131 Å². The summed E-state index contributed by atoms with van der Waals surface area (Å²) in [5.74, 6) is -0.396. The van der Waals surface area contributed by atoms with Gasteiger partial charge in [0, 0.05) is 10.6 Å². The molecule has 3 rings (SSSR count). The van der Waals surface area contributed by atoms with E-state index in [1.165, 1.54) is 30.6 Å². The molecule has 4 nitrogen and oxygen atoms in total. The molecule has 0 bridgehead atoms. The normalized spacial score (nSPS) is 10.7. The van der Waals surface area contributed by atoms with Crippen LogP contribution in [0.4, 0.5) is 4.39 Å². The van der Waals surface area contributed by atoms with Gasteiger partial charge >= 0.3 is 0 Å². The predicted octanol–water partition coefficient (Wildman–Crippen LogP) is 3.60. The van der Waals surface area contributed by atoms with Crippen molar-refractivity contribution < 1.29 is 9.18 Å². The second-order valence-electron chi connectivity index (χ2n) is 4.72. The first-order chi connectivity index (χ1) is 10.6. The number of carbonyl (C=O) groups is 1. The minimum atomic E-state index is -0.570. The highest BCUT2D eigenvalue weighted by atomic mass is 35.5. The minimum absolute atomic E-state index is 0.00301. The van der Waals surface area contributed by atoms with Gasteiger partial charge in [0.15, 0.2) is 5.78 Å². The molecule has 6 heteroatoms. The van der Waals surface area contributed by atoms with E-state index in [9.17, 15) is 9.18 Å². The average Bonchev–Trinajstić information content (AvgIpc) is 2.93. The predicted molar refractivity (Wildman–Crippen MR) is 80.9 cm³/mol. The Kier molecular flexibility index (Phi) is 3.73. The van der Waals surface area contributed by atoms with E-state index < -0.39 is 11.6 Å². The van der Waals surface area contributed by atoms with Gasteiger partial charge in [0.25, 0.3) is 0 Å². The molecule has 2 aromatic carbocycles. The Morgan fingerprint density at radius 1 is 1.18 bits per heavy atom. The summed E-state index contributed by atoms with van der Waals surface area (Å²) in [6.07, 6.45) is 1.50. The van der Waals surface area contributed by atoms with Crippen LogP contribution in [-0.4, -0.2) is 20.5 Å². The molecule has 0 aliphatic heterocycles. The molecular formula is C16H11ClFN3O. The Morgan fingerprint density at radius 3 is 2.64 bits per heavy atom. The molecule has 0 spiro atoms. The molecule has 0 saturated heterocycles. The number of halogens is 2. The summed E-state index contributed by atoms with van der Waals surface area (Å²) in [5.41, 5.74) is 0.845. The number of hydrogen-bond donors (Lipinski definition) is 0. The smallest absolute Gasteiger partial charge is 0.198 e. The zero-order valence-corrected chi connectivity index (χ0v) is 12.4. The van der Waals surface area contributed by atoms with E-state index in [0.29, 0.717) is 22.1 Å². The van der Waals surface area contributed by atoms with Crippen molar-refractivity contribution in [3.8, 4) is 5.69 Å². The molecule has 0 saturated carbocycles. The lowest BCUT2D eigenvalue weighted by Crippen LogP contribution is -2.09. The minimum Gasteiger partial charge on any atom is -0.288 e. The van der Waals surface area contributed by atoms with Crippen molar-refractivity contribution in [1.82, 2.24) is 14.8 Å². The van der Waals surface area contributed by atoms with Gasteiger partial charge in [0.1, 0.15) is 18.0 Å². The number of rotatable bonds is 3. The van der Waals surface area contributed by atoms with Gasteiger partial charge in [-0.15, -0.1) is 10.2 Å². The van der Waals surface area contributed by atoms with Crippen LogP contribution in [0, 0.1) is 12.7 Å². The van der Waals surface area contributed by atoms with E-state index in [4.69, 9.17) is 11.6 Å². The molecule has 0 amide bonds. The summed E-state index contributed by atoms with van der Waals surface area (Å²) in [6, 6.07) is 10.7. The molecule has 3 aromatic rings. The van der Waals surface area contributed by atoms with Crippen molar-refractivity contribution in [3.63, 3.8) is 0 Å². The van der Waals surface area contributed by atoms with Gasteiger partial charge < -0.3 is 0 Å². The molecule has 0 atom stereocenters. The second kappa shape index (κ2) is 5.69. The first kappa shape index (κ1) is 14.4. The third-order valence-corrected chi connectivity index (χ3v) is 3.53. The van der Waals surface area contributed by atoms with Gasteiger partial charge in [-0.2, -0.15) is 0 Å². The van der Waals surface area contributed by atoms with Crippen molar-refractivity contribution >= 4 is 17.4 Å². The molecule has 22 heavy (non-hydrogen) atoms. The van der Waals surface area contributed by atoms with Gasteiger partial charge in [0.2, 0.25) is 0 Å². The van der Waals surface area contributed by atoms with Crippen LogP contribution in [0.2, 0.25) is 5.02 Å². The molecule has 0 unspecified atom stereocenters. The zero-order valence-electron chi connectivity index (χ0n) is 11.6. The number of aryl methyl sites for hydroxylation is 1. The molecule has 1 heterocycles. The quantitative estimate of drug-likeness (QED) is 0.694. The Balaban J connectivity index is 2.19. The Bertz CT molecular complexity index is 860. The van der Waals surface area contributed by atoms with Crippen LogP contribution in [-0.2, 0) is 0 Å². The highest BCUT2D eigenvalue weighted by Crippen LogP contribution is 2.24. The number of ketones is 1. The maximum absolute atomic E-state index is 13.9. The van der Waals surface area contributed by atoms with Gasteiger partial charge in [0.05, 0.1) is 11.3 Å². The lowest BCUT2D eigenvalue weighted by molar-refractivity contribution is 0.103. The fourth-order valence-electron chi connectivity index (χ4n) is 2.22. The van der Waals surface area contributed by atoms with Gasteiger partial charge in [-0.1, -0.05) is 23.7 Å². The molecule has 1 aromatic heterocycles. The summed E-state index contributed by atoms with van der Waals surface area (Å²) in [6.45, 7) is 1.76. The maximum Gasteiger partial charge on any atom is 0.198 e. The standard InChI is InChI=1S/C16H11ClFN3O/c1-10-20-19-9-21(10)15-7-6-11(17)8-13(15)16(22)12-4-2-3-5-14(12)18/h2-9H,1H3. The number of hydrogen-bond acceptors (Lipinski definition) is 3. The fourth-order valence-corrected chi connectivity index (χ4v) is 2.39. The number of nitrogens with zero attached hydrogens (tertiary/aromatic N) is 3. The highest BCUT2D eigenvalue weighted by molar-refractivity contribution is 6.31. The van der Waals surface area contributed by atoms with Crippen molar-refractivity contribution in [2.75, 3.05) is 0 Å². The van der Waals surface area contributed by atoms with Crippen molar-refractivity contribution in [2.45, 2.75) is 6.92 Å². The summed E-state index contributed by atoms with van der Waals surface area (Å²) in [7, 11) is 0. The Hall–Kier alpha value is -2.53. The third-order valence-electron chi connectivity index (χ3n) is 3.30. The van der Waals surface area contributed by atoms with E-state index in [-0.39, 0.29) is 5.56 Å². The first-order valence-electron chi connectivity index (χ1n) is 6.53. The molecular weight excluding hydrogens is 305 g/mol. The molecule has 0 aliphatic rings. The van der Waals surface area contributed by atoms with Crippen LogP contribution in [0.3, 0.4) is 0 Å². The monoisotopic (exact) mass is 315 g/mol. The Morgan fingerprint density at radius 2 is 1.95 bits per heavy atom. The molecule has 0 fully saturated rings. The van der Waals surface area contributed by atoms with Crippen LogP contribution in [0.5, 0.6) is 0 Å². The van der Waals surface area contributed by atoms with Crippen molar-refractivity contribution in [3.05, 3.63) is 76.6 Å². The van der Waals surface area contributed by atoms with Crippen LogP contribution in [0.25, 0.3) is 5.69 Å². The van der Waals surface area contributed by atoms with Crippen LogP contribution >= 0.6 is 11.6 Å². The van der Waals surface area contributed by atoms with E-state index in [2.05, 4.69) is 10.2 Å².